The van der Waals surface area contributed by atoms with Gasteiger partial charge in [0.1, 0.15) is 5.69 Å². The zero-order valence-electron chi connectivity index (χ0n) is 22.4. The van der Waals surface area contributed by atoms with Gasteiger partial charge in [-0.2, -0.15) is 5.10 Å². The van der Waals surface area contributed by atoms with Gasteiger partial charge in [-0.25, -0.2) is 0 Å². The summed E-state index contributed by atoms with van der Waals surface area (Å²) >= 11 is 1.46. The molecule has 0 bridgehead atoms. The highest BCUT2D eigenvalue weighted by Gasteiger charge is 2.21. The summed E-state index contributed by atoms with van der Waals surface area (Å²) < 4.78 is 0. The molecule has 7 rings (SSSR count). The van der Waals surface area contributed by atoms with Crippen molar-refractivity contribution in [3.05, 3.63) is 66.2 Å². The average molecular weight is 562 g/mol. The number of carbonyl (C=O) groups is 2. The molecule has 6 aromatic heterocycles. The van der Waals surface area contributed by atoms with E-state index in [9.17, 15) is 9.59 Å². The second-order valence-corrected chi connectivity index (χ2v) is 11.6. The van der Waals surface area contributed by atoms with Crippen molar-refractivity contribution in [2.45, 2.75) is 39.0 Å². The number of pyridine rings is 3. The Morgan fingerprint density at radius 1 is 0.927 bits per heavy atom. The molecule has 6 aromatic rings. The van der Waals surface area contributed by atoms with Gasteiger partial charge in [-0.1, -0.05) is 19.3 Å². The van der Waals surface area contributed by atoms with Gasteiger partial charge in [0.25, 0.3) is 0 Å². The van der Waals surface area contributed by atoms with Crippen molar-refractivity contribution in [1.29, 1.82) is 0 Å². The number of Topliss-reactive ketones (excluding diaryl/α,β-unsaturated/α-hetero) is 1. The van der Waals surface area contributed by atoms with Crippen LogP contribution < -0.4 is 5.32 Å². The van der Waals surface area contributed by atoms with Crippen LogP contribution in [0, 0.1) is 5.92 Å². The van der Waals surface area contributed by atoms with Crippen LogP contribution in [0.15, 0.2) is 61.3 Å². The fourth-order valence-electron chi connectivity index (χ4n) is 5.58. The lowest BCUT2D eigenvalue weighted by Crippen LogP contribution is -2.24. The van der Waals surface area contributed by atoms with Crippen LogP contribution in [0.4, 0.5) is 5.69 Å². The maximum Gasteiger partial charge on any atom is 0.227 e. The van der Waals surface area contributed by atoms with Gasteiger partial charge in [0.05, 0.1) is 51.6 Å². The van der Waals surface area contributed by atoms with Crippen molar-refractivity contribution < 1.29 is 9.59 Å². The number of aromatic amines is 2. The third kappa shape index (κ3) is 4.80. The topological polar surface area (TPSA) is 129 Å². The number of rotatable bonds is 6. The number of nitrogens with zero attached hydrogens (tertiary/aromatic N) is 4. The van der Waals surface area contributed by atoms with E-state index in [1.807, 2.05) is 30.5 Å². The zero-order chi connectivity index (χ0) is 27.9. The van der Waals surface area contributed by atoms with Gasteiger partial charge >= 0.3 is 0 Å². The highest BCUT2D eigenvalue weighted by Crippen LogP contribution is 2.37. The SMILES string of the molecule is CC(=O)c1ccc(-c2cncc3[nH]c(-c4n[nH]c5cnc(-c6cncc(NC(=O)C7CCCCC7)c6)cc45)cc23)s1. The lowest BCUT2D eigenvalue weighted by atomic mass is 9.88. The first kappa shape index (κ1) is 25.3. The number of hydrogen-bond acceptors (Lipinski definition) is 7. The molecule has 0 aromatic carbocycles. The van der Waals surface area contributed by atoms with Gasteiger partial charge in [0.2, 0.25) is 5.91 Å². The number of fused-ring (bicyclic) bond motifs is 2. The molecule has 204 valence electrons. The fraction of sp³-hybridized carbons (Fsp3) is 0.226. The van der Waals surface area contributed by atoms with Crippen LogP contribution in [0.25, 0.3) is 54.9 Å². The van der Waals surface area contributed by atoms with E-state index < -0.39 is 0 Å². The Morgan fingerprint density at radius 2 is 1.78 bits per heavy atom. The normalized spacial score (nSPS) is 14.1. The molecule has 0 atom stereocenters. The molecule has 1 aliphatic rings. The summed E-state index contributed by atoms with van der Waals surface area (Å²) in [5.41, 5.74) is 6.46. The summed E-state index contributed by atoms with van der Waals surface area (Å²) in [7, 11) is 0. The number of carbonyl (C=O) groups excluding carboxylic acids is 2. The van der Waals surface area contributed by atoms with Gasteiger partial charge in [-0.3, -0.25) is 29.6 Å². The third-order valence-corrected chi connectivity index (χ3v) is 8.96. The quantitative estimate of drug-likeness (QED) is 0.188. The average Bonchev–Trinajstić information content (AvgIpc) is 3.75. The highest BCUT2D eigenvalue weighted by atomic mass is 32.1. The Morgan fingerprint density at radius 3 is 2.61 bits per heavy atom. The molecule has 1 saturated carbocycles. The number of aromatic nitrogens is 6. The van der Waals surface area contributed by atoms with Crippen molar-refractivity contribution in [3.8, 4) is 33.1 Å². The van der Waals surface area contributed by atoms with E-state index in [2.05, 4.69) is 41.5 Å². The molecule has 9 nitrogen and oxygen atoms in total. The summed E-state index contributed by atoms with van der Waals surface area (Å²) in [5.74, 6) is 0.186. The summed E-state index contributed by atoms with van der Waals surface area (Å²) in [6.07, 6.45) is 14.1. The number of anilines is 1. The predicted molar refractivity (Wildman–Crippen MR) is 161 cm³/mol. The number of amides is 1. The number of thiophene rings is 1. The van der Waals surface area contributed by atoms with Crippen molar-refractivity contribution in [2.75, 3.05) is 5.32 Å². The zero-order valence-corrected chi connectivity index (χ0v) is 23.2. The van der Waals surface area contributed by atoms with Gasteiger partial charge in [0, 0.05) is 45.1 Å². The van der Waals surface area contributed by atoms with Crippen LogP contribution in [0.2, 0.25) is 0 Å². The van der Waals surface area contributed by atoms with Crippen molar-refractivity contribution in [3.63, 3.8) is 0 Å². The molecule has 0 radical (unpaired) electrons. The molecule has 1 fully saturated rings. The summed E-state index contributed by atoms with van der Waals surface area (Å²) in [5, 5.41) is 12.7. The molecule has 3 N–H and O–H groups in total. The lowest BCUT2D eigenvalue weighted by molar-refractivity contribution is -0.120. The molecule has 0 unspecified atom stereocenters. The number of nitrogens with one attached hydrogen (secondary N) is 3. The van der Waals surface area contributed by atoms with Crippen LogP contribution in [0.1, 0.15) is 48.7 Å². The first-order valence-corrected chi connectivity index (χ1v) is 14.5. The van der Waals surface area contributed by atoms with E-state index in [0.29, 0.717) is 5.69 Å². The van der Waals surface area contributed by atoms with E-state index in [0.717, 1.165) is 85.5 Å². The van der Waals surface area contributed by atoms with Crippen LogP contribution in [-0.4, -0.2) is 41.8 Å². The van der Waals surface area contributed by atoms with E-state index in [1.165, 1.54) is 17.8 Å². The van der Waals surface area contributed by atoms with Crippen LogP contribution in [0.3, 0.4) is 0 Å². The summed E-state index contributed by atoms with van der Waals surface area (Å²) in [6, 6.07) is 9.79. The fourth-order valence-corrected chi connectivity index (χ4v) is 6.51. The Balaban J connectivity index is 1.22. The summed E-state index contributed by atoms with van der Waals surface area (Å²) in [4.78, 5) is 43.2. The van der Waals surface area contributed by atoms with Crippen LogP contribution in [-0.2, 0) is 4.79 Å². The molecule has 1 aliphatic carbocycles. The van der Waals surface area contributed by atoms with E-state index in [-0.39, 0.29) is 17.6 Å². The molecule has 0 saturated heterocycles. The van der Waals surface area contributed by atoms with Crippen LogP contribution in [0.5, 0.6) is 0 Å². The van der Waals surface area contributed by atoms with E-state index in [1.54, 1.807) is 31.7 Å². The van der Waals surface area contributed by atoms with E-state index >= 15 is 0 Å². The van der Waals surface area contributed by atoms with Crippen molar-refractivity contribution in [1.82, 2.24) is 30.1 Å². The molecule has 0 spiro atoms. The third-order valence-electron chi connectivity index (χ3n) is 7.74. The first-order valence-electron chi connectivity index (χ1n) is 13.7. The number of H-pyrrole nitrogens is 2. The lowest BCUT2D eigenvalue weighted by Gasteiger charge is -2.20. The minimum absolute atomic E-state index is 0.0517. The largest absolute Gasteiger partial charge is 0.352 e. The van der Waals surface area contributed by atoms with Gasteiger partial charge in [0.15, 0.2) is 5.78 Å². The molecule has 10 heteroatoms. The standard InChI is InChI=1S/C31H27N7O2S/c1-17(39)28-7-8-29(41-28)23-14-33-15-26-21(23)10-25(36-26)30-22-11-24(34-16-27(22)37-38-30)19-9-20(13-32-12-19)35-31(40)18-5-3-2-4-6-18/h7-16,18,36H,2-6H2,1H3,(H,35,40)(H,37,38). The highest BCUT2D eigenvalue weighted by molar-refractivity contribution is 7.17. The Kier molecular flexibility index (Phi) is 6.39. The molecular weight excluding hydrogens is 534 g/mol. The van der Waals surface area contributed by atoms with Crippen molar-refractivity contribution in [2.24, 2.45) is 5.92 Å². The van der Waals surface area contributed by atoms with Gasteiger partial charge in [-0.05, 0) is 50.1 Å². The minimum atomic E-state index is 0.0517. The Hall–Kier alpha value is -4.70. The van der Waals surface area contributed by atoms with Crippen molar-refractivity contribution >= 4 is 50.5 Å². The monoisotopic (exact) mass is 561 g/mol. The summed E-state index contributed by atoms with van der Waals surface area (Å²) in [6.45, 7) is 1.58. The number of ketones is 1. The second-order valence-electron chi connectivity index (χ2n) is 10.5. The first-order chi connectivity index (χ1) is 20.0. The Labute approximate surface area is 239 Å². The minimum Gasteiger partial charge on any atom is -0.352 e. The smallest absolute Gasteiger partial charge is 0.227 e. The molecule has 41 heavy (non-hydrogen) atoms. The molecular formula is C31H27N7O2S. The maximum absolute atomic E-state index is 12.8. The van der Waals surface area contributed by atoms with E-state index in [4.69, 9.17) is 0 Å². The van der Waals surface area contributed by atoms with Gasteiger partial charge in [-0.15, -0.1) is 11.3 Å². The number of hydrogen-bond donors (Lipinski definition) is 3. The molecule has 1 amide bonds. The Bertz CT molecular complexity index is 1930. The van der Waals surface area contributed by atoms with Gasteiger partial charge < -0.3 is 10.3 Å². The molecule has 6 heterocycles. The predicted octanol–water partition coefficient (Wildman–Crippen LogP) is 7.01. The second kappa shape index (κ2) is 10.4. The van der Waals surface area contributed by atoms with Crippen LogP contribution >= 0.6 is 11.3 Å². The maximum atomic E-state index is 12.8. The molecule has 0 aliphatic heterocycles.